The molecule has 1 fully saturated rings. The van der Waals surface area contributed by atoms with Crippen molar-refractivity contribution in [2.75, 3.05) is 20.3 Å². The first-order valence-corrected chi connectivity index (χ1v) is 26.8. The van der Waals surface area contributed by atoms with E-state index in [9.17, 15) is 14.4 Å². The fraction of sp³-hybridized carbons (Fsp3) is 0.492. The van der Waals surface area contributed by atoms with Crippen molar-refractivity contribution < 1.29 is 37.9 Å². The van der Waals surface area contributed by atoms with Crippen molar-refractivity contribution >= 4 is 30.1 Å². The lowest BCUT2D eigenvalue weighted by Gasteiger charge is -2.34. The average molecular weight is 1010 g/mol. The van der Waals surface area contributed by atoms with Gasteiger partial charge in [0.05, 0.1) is 24.7 Å². The Morgan fingerprint density at radius 3 is 1.24 bits per heavy atom. The van der Waals surface area contributed by atoms with Crippen LogP contribution in [0, 0.1) is 38.5 Å². The SMILES string of the molecule is CCC(CC)(c1ccc(OCC(=O)C(C)(C)C)c(C)c1)c1ccc(-c2ccc(CC(=O)OC)cc2)c(C)c1.CCC(CC)(c1ccc(OCC(=O)C(C)(C)C)c(C)c1)c1ccc(B2OC(C)(C)C(C)(C)O2)c(C)c1. The van der Waals surface area contributed by atoms with Crippen molar-refractivity contribution in [1.29, 1.82) is 0 Å². The number of benzene rings is 5. The molecule has 1 heterocycles. The fourth-order valence-corrected chi connectivity index (χ4v) is 9.94. The largest absolute Gasteiger partial charge is 0.495 e. The standard InChI is InChI=1S/C34H42O4.C31H45BO4/c1-9-34(10-2,28-16-18-30(24(4)20-28)38-22-31(35)33(5,6)7)27-15-17-29(23(3)19-27)26-13-11-25(12-14-26)21-32(36)37-8;1-12-31(13-2,24-15-17-26(22(4)19-24)34-20-27(33)28(5,6)7)23-14-16-25(21(3)18-23)32-35-29(8,9)30(10,11)36-32/h11-20H,9-10,21-22H2,1-8H3;14-19H,12-13,20H2,1-11H3. The van der Waals surface area contributed by atoms with Gasteiger partial charge in [-0.25, -0.2) is 0 Å². The highest BCUT2D eigenvalue weighted by Crippen LogP contribution is 2.44. The first-order chi connectivity index (χ1) is 34.5. The number of aryl methyl sites for hydroxylation is 4. The molecular weight excluding hydrogens is 920 g/mol. The zero-order chi connectivity index (χ0) is 55.2. The van der Waals surface area contributed by atoms with Crippen molar-refractivity contribution in [3.8, 4) is 22.6 Å². The summed E-state index contributed by atoms with van der Waals surface area (Å²) in [5, 5.41) is 0. The number of carbonyl (C=O) groups is 3. The lowest BCUT2D eigenvalue weighted by Crippen LogP contribution is -2.41. The summed E-state index contributed by atoms with van der Waals surface area (Å²) in [6.07, 6.45) is 4.15. The van der Waals surface area contributed by atoms with Crippen LogP contribution in [0.25, 0.3) is 11.1 Å². The van der Waals surface area contributed by atoms with Crippen LogP contribution in [-0.4, -0.2) is 56.2 Å². The van der Waals surface area contributed by atoms with E-state index < -0.39 is 10.8 Å². The van der Waals surface area contributed by atoms with Crippen LogP contribution < -0.4 is 14.9 Å². The fourth-order valence-electron chi connectivity index (χ4n) is 9.94. The van der Waals surface area contributed by atoms with Crippen molar-refractivity contribution in [3.63, 3.8) is 0 Å². The molecule has 0 aliphatic carbocycles. The first-order valence-electron chi connectivity index (χ1n) is 26.8. The van der Waals surface area contributed by atoms with Gasteiger partial charge in [-0.15, -0.1) is 0 Å². The molecule has 1 saturated heterocycles. The van der Waals surface area contributed by atoms with Crippen LogP contribution in [0.5, 0.6) is 11.5 Å². The molecule has 0 aromatic heterocycles. The minimum atomic E-state index is -0.414. The number of hydrogen-bond donors (Lipinski definition) is 0. The van der Waals surface area contributed by atoms with Gasteiger partial charge >= 0.3 is 13.1 Å². The number of rotatable bonds is 18. The summed E-state index contributed by atoms with van der Waals surface area (Å²) in [5.74, 6) is 1.48. The molecule has 5 aromatic rings. The molecule has 5 aromatic carbocycles. The van der Waals surface area contributed by atoms with Gasteiger partial charge in [-0.3, -0.25) is 14.4 Å². The highest BCUT2D eigenvalue weighted by atomic mass is 16.7. The Hall–Kier alpha value is -5.51. The Kier molecular flexibility index (Phi) is 18.9. The summed E-state index contributed by atoms with van der Waals surface area (Å²) in [6.45, 7) is 37.5. The monoisotopic (exact) mass is 1010 g/mol. The van der Waals surface area contributed by atoms with Gasteiger partial charge in [-0.1, -0.05) is 160 Å². The van der Waals surface area contributed by atoms with Gasteiger partial charge in [0.25, 0.3) is 0 Å². The summed E-state index contributed by atoms with van der Waals surface area (Å²) >= 11 is 0. The number of esters is 1. The highest BCUT2D eigenvalue weighted by Gasteiger charge is 2.52. The van der Waals surface area contributed by atoms with E-state index in [1.54, 1.807) is 0 Å². The van der Waals surface area contributed by atoms with E-state index >= 15 is 0 Å². The second kappa shape index (κ2) is 23.6. The van der Waals surface area contributed by atoms with Crippen molar-refractivity contribution in [2.24, 2.45) is 10.8 Å². The molecule has 1 aliphatic heterocycles. The van der Waals surface area contributed by atoms with E-state index in [4.69, 9.17) is 23.5 Å². The Morgan fingerprint density at radius 1 is 0.514 bits per heavy atom. The van der Waals surface area contributed by atoms with Crippen LogP contribution in [0.2, 0.25) is 0 Å². The molecule has 0 saturated carbocycles. The number of carbonyl (C=O) groups excluding carboxylic acids is 3. The Morgan fingerprint density at radius 2 is 0.892 bits per heavy atom. The maximum absolute atomic E-state index is 12.3. The second-order valence-corrected chi connectivity index (χ2v) is 23.6. The van der Waals surface area contributed by atoms with Gasteiger partial charge in [0, 0.05) is 21.7 Å². The van der Waals surface area contributed by atoms with Gasteiger partial charge < -0.3 is 23.5 Å². The normalized spacial score (nSPS) is 14.5. The van der Waals surface area contributed by atoms with Gasteiger partial charge in [-0.2, -0.15) is 0 Å². The summed E-state index contributed by atoms with van der Waals surface area (Å²) in [6, 6.07) is 34.4. The Labute approximate surface area is 445 Å². The summed E-state index contributed by atoms with van der Waals surface area (Å²) in [4.78, 5) is 36.3. The van der Waals surface area contributed by atoms with Crippen LogP contribution in [-0.2, 0) is 45.7 Å². The molecule has 74 heavy (non-hydrogen) atoms. The van der Waals surface area contributed by atoms with E-state index in [1.165, 1.54) is 46.1 Å². The smallest absolute Gasteiger partial charge is 0.486 e. The zero-order valence-electron chi connectivity index (χ0n) is 48.5. The van der Waals surface area contributed by atoms with Crippen molar-refractivity contribution in [1.82, 2.24) is 0 Å². The van der Waals surface area contributed by atoms with E-state index in [0.717, 1.165) is 64.9 Å². The topological polar surface area (TPSA) is 97.4 Å². The maximum atomic E-state index is 12.3. The van der Waals surface area contributed by atoms with Crippen LogP contribution in [0.15, 0.2) is 97.1 Å². The Bertz CT molecular complexity index is 2740. The minimum Gasteiger partial charge on any atom is -0.486 e. The minimum absolute atomic E-state index is 0.0840. The molecule has 1 aliphatic rings. The van der Waals surface area contributed by atoms with Crippen molar-refractivity contribution in [3.05, 3.63) is 147 Å². The molecule has 0 unspecified atom stereocenters. The van der Waals surface area contributed by atoms with E-state index in [2.05, 4.69) is 156 Å². The third-order valence-corrected chi connectivity index (χ3v) is 16.2. The molecule has 0 amide bonds. The van der Waals surface area contributed by atoms with E-state index in [1.807, 2.05) is 65.8 Å². The van der Waals surface area contributed by atoms with Crippen molar-refractivity contribution in [2.45, 2.75) is 179 Å². The molecule has 9 heteroatoms. The van der Waals surface area contributed by atoms with E-state index in [-0.39, 0.29) is 66.3 Å². The predicted octanol–water partition coefficient (Wildman–Crippen LogP) is 14.5. The molecule has 8 nitrogen and oxygen atoms in total. The Balaban J connectivity index is 0.000000274. The van der Waals surface area contributed by atoms with E-state index in [0.29, 0.717) is 0 Å². The van der Waals surface area contributed by atoms with Crippen LogP contribution in [0.4, 0.5) is 0 Å². The van der Waals surface area contributed by atoms with Crippen LogP contribution in [0.1, 0.15) is 173 Å². The quantitative estimate of drug-likeness (QED) is 0.0632. The summed E-state index contributed by atoms with van der Waals surface area (Å²) in [5.41, 5.74) is 12.1. The summed E-state index contributed by atoms with van der Waals surface area (Å²) in [7, 11) is 1.05. The molecule has 0 spiro atoms. The number of Topliss-reactive ketones (excluding diaryl/α,β-unsaturated/α-hetero) is 2. The van der Waals surface area contributed by atoms with Gasteiger partial charge in [-0.05, 0) is 154 Å². The van der Waals surface area contributed by atoms with Gasteiger partial charge in [0.2, 0.25) is 0 Å². The van der Waals surface area contributed by atoms with Gasteiger partial charge in [0.1, 0.15) is 24.7 Å². The van der Waals surface area contributed by atoms with Crippen LogP contribution in [0.3, 0.4) is 0 Å². The zero-order valence-corrected chi connectivity index (χ0v) is 48.5. The molecule has 6 rings (SSSR count). The number of hydrogen-bond acceptors (Lipinski definition) is 8. The average Bonchev–Trinajstić information content (AvgIpc) is 3.56. The maximum Gasteiger partial charge on any atom is 0.495 e. The van der Waals surface area contributed by atoms with Gasteiger partial charge in [0.15, 0.2) is 11.6 Å². The lowest BCUT2D eigenvalue weighted by molar-refractivity contribution is -0.139. The summed E-state index contributed by atoms with van der Waals surface area (Å²) < 4.78 is 29.2. The molecule has 0 bridgehead atoms. The molecular formula is C65H87BO8. The molecule has 0 radical (unpaired) electrons. The molecule has 0 atom stereocenters. The third kappa shape index (κ3) is 13.1. The lowest BCUT2D eigenvalue weighted by atomic mass is 9.68. The first kappa shape index (κ1) is 59.4. The number of ether oxygens (including phenoxy) is 3. The molecule has 398 valence electrons. The predicted molar refractivity (Wildman–Crippen MR) is 304 cm³/mol. The van der Waals surface area contributed by atoms with Crippen LogP contribution >= 0.6 is 0 Å². The third-order valence-electron chi connectivity index (χ3n) is 16.2. The number of ketones is 2. The number of methoxy groups -OCH3 is 1. The highest BCUT2D eigenvalue weighted by molar-refractivity contribution is 6.62. The molecule has 0 N–H and O–H groups in total. The second-order valence-electron chi connectivity index (χ2n) is 23.6.